The Morgan fingerprint density at radius 3 is 2.86 bits per heavy atom. The first-order valence-corrected chi connectivity index (χ1v) is 6.61. The van der Waals surface area contributed by atoms with Gasteiger partial charge in [-0.25, -0.2) is 0 Å². The summed E-state index contributed by atoms with van der Waals surface area (Å²) in [5.41, 5.74) is 5.62. The maximum atomic E-state index is 5.62. The van der Waals surface area contributed by atoms with Crippen LogP contribution in [-0.2, 0) is 0 Å². The molecule has 1 aliphatic heterocycles. The molecule has 0 aromatic carbocycles. The monoisotopic (exact) mass is 183 g/mol. The molecule has 1 atom stereocenters. The van der Waals surface area contributed by atoms with Crippen LogP contribution in [0.5, 0.6) is 0 Å². The van der Waals surface area contributed by atoms with E-state index < -0.39 is 0 Å². The summed E-state index contributed by atoms with van der Waals surface area (Å²) in [7, 11) is 2.04. The van der Waals surface area contributed by atoms with Gasteiger partial charge in [0.2, 0.25) is 0 Å². The second-order valence-corrected chi connectivity index (χ2v) is 6.28. The Hall–Kier alpha value is 0.829. The van der Waals surface area contributed by atoms with Crippen LogP contribution in [0.25, 0.3) is 0 Å². The average Bonchev–Trinajstić information content (AvgIpc) is 1.69. The minimum absolute atomic E-state index is 0.514. The molecule has 0 aliphatic carbocycles. The molecule has 0 bridgehead atoms. The molecule has 0 radical (unpaired) electrons. The minimum atomic E-state index is 0.514. The summed E-state index contributed by atoms with van der Waals surface area (Å²) in [5.74, 6) is 1.21. The van der Waals surface area contributed by atoms with Crippen LogP contribution in [0.15, 0.2) is 0 Å². The molecule has 0 aromatic heterocycles. The number of hydrogen-bond acceptors (Lipinski definition) is 2. The first kappa shape index (κ1) is 5.96. The van der Waals surface area contributed by atoms with Crippen LogP contribution in [0.2, 0.25) is 5.32 Å². The quantitative estimate of drug-likeness (QED) is 0.552. The van der Waals surface area contributed by atoms with Gasteiger partial charge >= 0.3 is 53.3 Å². The van der Waals surface area contributed by atoms with Crippen LogP contribution in [0, 0.1) is 0 Å². The summed E-state index contributed by atoms with van der Waals surface area (Å²) < 4.78 is 0. The first-order valence-electron chi connectivity index (χ1n) is 2.39. The Labute approximate surface area is 53.6 Å². The van der Waals surface area contributed by atoms with Crippen molar-refractivity contribution in [1.29, 1.82) is 0 Å². The fraction of sp³-hybridized carbons (Fsp3) is 1.00. The standard InChI is InChI=1S/C4H9NSSe/c5-4-1-2-7-6-3-4/h4H,1-3,5H2. The first-order chi connectivity index (χ1) is 3.39. The third-order valence-corrected chi connectivity index (χ3v) is 5.28. The molecule has 1 rings (SSSR count). The molecule has 1 fully saturated rings. The topological polar surface area (TPSA) is 26.0 Å². The molecule has 0 saturated carbocycles. The normalized spacial score (nSPS) is 33.0. The van der Waals surface area contributed by atoms with Crippen molar-refractivity contribution in [1.82, 2.24) is 0 Å². The summed E-state index contributed by atoms with van der Waals surface area (Å²) >= 11 is 0.871. The summed E-state index contributed by atoms with van der Waals surface area (Å²) in [6, 6.07) is 0.514. The van der Waals surface area contributed by atoms with E-state index in [0.717, 1.165) is 13.8 Å². The molecule has 7 heavy (non-hydrogen) atoms. The molecule has 1 unspecified atom stereocenters. The number of nitrogens with two attached hydrogens (primary N) is 1. The third-order valence-electron chi connectivity index (χ3n) is 0.937. The van der Waals surface area contributed by atoms with Crippen molar-refractivity contribution in [3.05, 3.63) is 0 Å². The van der Waals surface area contributed by atoms with Gasteiger partial charge in [-0.15, -0.1) is 0 Å². The molecular weight excluding hydrogens is 173 g/mol. The fourth-order valence-electron chi connectivity index (χ4n) is 0.477. The molecular formula is C4H9NSSe. The Morgan fingerprint density at radius 2 is 2.57 bits per heavy atom. The predicted octanol–water partition coefficient (Wildman–Crippen LogP) is 0.488. The molecule has 3 heteroatoms. The second kappa shape index (κ2) is 2.98. The van der Waals surface area contributed by atoms with E-state index in [1.165, 1.54) is 17.5 Å². The number of hydrogen-bond donors (Lipinski definition) is 1. The van der Waals surface area contributed by atoms with Crippen molar-refractivity contribution in [2.75, 3.05) is 5.75 Å². The van der Waals surface area contributed by atoms with Crippen molar-refractivity contribution in [2.45, 2.75) is 17.8 Å². The van der Waals surface area contributed by atoms with Gasteiger partial charge < -0.3 is 0 Å². The van der Waals surface area contributed by atoms with Gasteiger partial charge in [0, 0.05) is 0 Å². The van der Waals surface area contributed by atoms with E-state index in [4.69, 9.17) is 5.73 Å². The van der Waals surface area contributed by atoms with Gasteiger partial charge in [0.15, 0.2) is 0 Å². The molecule has 1 aliphatic rings. The second-order valence-electron chi connectivity index (χ2n) is 1.66. The summed E-state index contributed by atoms with van der Waals surface area (Å²) in [5, 5.41) is 1.39. The van der Waals surface area contributed by atoms with E-state index in [0.29, 0.717) is 6.04 Å². The zero-order valence-electron chi connectivity index (χ0n) is 4.09. The molecule has 0 spiro atoms. The van der Waals surface area contributed by atoms with Gasteiger partial charge in [-0.05, 0) is 0 Å². The predicted molar refractivity (Wildman–Crippen MR) is 35.6 cm³/mol. The van der Waals surface area contributed by atoms with Gasteiger partial charge in [0.25, 0.3) is 0 Å². The van der Waals surface area contributed by atoms with E-state index in [-0.39, 0.29) is 0 Å². The molecule has 1 nitrogen and oxygen atoms in total. The Morgan fingerprint density at radius 1 is 1.71 bits per heavy atom. The zero-order valence-corrected chi connectivity index (χ0v) is 6.62. The third kappa shape index (κ3) is 2.04. The van der Waals surface area contributed by atoms with Crippen molar-refractivity contribution < 1.29 is 0 Å². The van der Waals surface area contributed by atoms with Crippen molar-refractivity contribution in [3.63, 3.8) is 0 Å². The Kier molecular flexibility index (Phi) is 2.53. The van der Waals surface area contributed by atoms with Gasteiger partial charge in [0.1, 0.15) is 0 Å². The van der Waals surface area contributed by atoms with Crippen molar-refractivity contribution >= 4 is 24.0 Å². The molecule has 0 amide bonds. The van der Waals surface area contributed by atoms with Gasteiger partial charge in [-0.3, -0.25) is 0 Å². The van der Waals surface area contributed by atoms with E-state index in [1.54, 1.807) is 0 Å². The maximum absolute atomic E-state index is 5.62. The number of rotatable bonds is 0. The van der Waals surface area contributed by atoms with Crippen LogP contribution in [0.3, 0.4) is 0 Å². The molecule has 0 aromatic rings. The average molecular weight is 182 g/mol. The van der Waals surface area contributed by atoms with Gasteiger partial charge in [-0.1, -0.05) is 0 Å². The summed E-state index contributed by atoms with van der Waals surface area (Å²) in [6.45, 7) is 0. The van der Waals surface area contributed by atoms with Crippen LogP contribution in [0.4, 0.5) is 0 Å². The van der Waals surface area contributed by atoms with Crippen LogP contribution >= 0.6 is 10.2 Å². The SMILES string of the molecule is NC1CC[Se]SC1. The Balaban J connectivity index is 2.12. The zero-order chi connectivity index (χ0) is 5.11. The Bertz CT molecular complexity index is 53.7. The van der Waals surface area contributed by atoms with E-state index in [1.807, 2.05) is 10.2 Å². The molecule has 1 heterocycles. The van der Waals surface area contributed by atoms with Crippen LogP contribution < -0.4 is 5.73 Å². The fourth-order valence-corrected chi connectivity index (χ4v) is 4.82. The molecule has 1 saturated heterocycles. The van der Waals surface area contributed by atoms with E-state index >= 15 is 0 Å². The van der Waals surface area contributed by atoms with Crippen LogP contribution in [0.1, 0.15) is 6.42 Å². The summed E-state index contributed by atoms with van der Waals surface area (Å²) in [4.78, 5) is 0. The molecule has 2 N–H and O–H groups in total. The van der Waals surface area contributed by atoms with E-state index in [9.17, 15) is 0 Å². The van der Waals surface area contributed by atoms with Crippen molar-refractivity contribution in [2.24, 2.45) is 5.73 Å². The van der Waals surface area contributed by atoms with Crippen molar-refractivity contribution in [3.8, 4) is 0 Å². The van der Waals surface area contributed by atoms with E-state index in [2.05, 4.69) is 0 Å². The molecule has 42 valence electrons. The van der Waals surface area contributed by atoms with Gasteiger partial charge in [-0.2, -0.15) is 0 Å². The van der Waals surface area contributed by atoms with Crippen LogP contribution in [-0.4, -0.2) is 25.6 Å². The van der Waals surface area contributed by atoms with Gasteiger partial charge in [0.05, 0.1) is 0 Å². The summed E-state index contributed by atoms with van der Waals surface area (Å²) in [6.07, 6.45) is 1.27.